The Morgan fingerprint density at radius 3 is 2.47 bits per heavy atom. The van der Waals surface area contributed by atoms with Gasteiger partial charge in [0.05, 0.1) is 5.69 Å². The van der Waals surface area contributed by atoms with Gasteiger partial charge in [0, 0.05) is 10.9 Å². The van der Waals surface area contributed by atoms with E-state index >= 15 is 0 Å². The van der Waals surface area contributed by atoms with Gasteiger partial charge >= 0.3 is 0 Å². The van der Waals surface area contributed by atoms with Crippen LogP contribution in [0.25, 0.3) is 0 Å². The molecule has 17 heavy (non-hydrogen) atoms. The van der Waals surface area contributed by atoms with E-state index in [2.05, 4.69) is 48.9 Å². The number of anilines is 1. The van der Waals surface area contributed by atoms with E-state index in [0.717, 1.165) is 16.6 Å². The number of hydrogen-bond acceptors (Lipinski definition) is 1. The molecule has 0 saturated carbocycles. The fourth-order valence-corrected chi connectivity index (χ4v) is 2.08. The summed E-state index contributed by atoms with van der Waals surface area (Å²) in [5.41, 5.74) is 2.11. The van der Waals surface area contributed by atoms with E-state index in [0.29, 0.717) is 6.42 Å². The van der Waals surface area contributed by atoms with E-state index in [1.807, 2.05) is 18.2 Å². The predicted molar refractivity (Wildman–Crippen MR) is 76.2 cm³/mol. The second-order valence-corrected chi connectivity index (χ2v) is 6.31. The molecule has 0 heterocycles. The fraction of sp³-hybridized carbons (Fsp3) is 0.500. The summed E-state index contributed by atoms with van der Waals surface area (Å²) in [6.45, 7) is 8.28. The third-order valence-corrected chi connectivity index (χ3v) is 3.06. The molecule has 0 fully saturated rings. The molecule has 0 aliphatic carbocycles. The largest absolute Gasteiger partial charge is 0.325 e. The van der Waals surface area contributed by atoms with Crippen molar-refractivity contribution in [1.82, 2.24) is 0 Å². The van der Waals surface area contributed by atoms with Crippen LogP contribution in [0.2, 0.25) is 0 Å². The highest BCUT2D eigenvalue weighted by atomic mass is 79.9. The zero-order valence-corrected chi connectivity index (χ0v) is 12.5. The predicted octanol–water partition coefficient (Wildman–Crippen LogP) is 4.39. The van der Waals surface area contributed by atoms with Crippen LogP contribution in [0, 0.1) is 5.41 Å². The molecular formula is C14H20BrNO. The molecule has 0 atom stereocenters. The van der Waals surface area contributed by atoms with Gasteiger partial charge in [0.15, 0.2) is 0 Å². The first-order chi connectivity index (χ1) is 7.81. The Balaban J connectivity index is 2.72. The number of aryl methyl sites for hydroxylation is 1. The summed E-state index contributed by atoms with van der Waals surface area (Å²) in [6, 6.07) is 6.04. The maximum Gasteiger partial charge on any atom is 0.224 e. The third kappa shape index (κ3) is 4.90. The number of hydrogen-bond donors (Lipinski definition) is 1. The molecule has 0 aliphatic rings. The molecule has 1 N–H and O–H groups in total. The number of rotatable bonds is 3. The van der Waals surface area contributed by atoms with E-state index in [9.17, 15) is 4.79 Å². The molecule has 0 saturated heterocycles. The van der Waals surface area contributed by atoms with Crippen molar-refractivity contribution in [3.63, 3.8) is 0 Å². The Bertz CT molecular complexity index is 407. The Hall–Kier alpha value is -0.830. The van der Waals surface area contributed by atoms with Crippen LogP contribution in [0.3, 0.4) is 0 Å². The second kappa shape index (κ2) is 5.67. The molecular weight excluding hydrogens is 278 g/mol. The van der Waals surface area contributed by atoms with Gasteiger partial charge in [-0.05, 0) is 45.5 Å². The topological polar surface area (TPSA) is 29.1 Å². The number of halogens is 1. The van der Waals surface area contributed by atoms with Crippen LogP contribution in [0.4, 0.5) is 5.69 Å². The molecule has 1 rings (SSSR count). The SMILES string of the molecule is CCc1ccc(NC(=O)CC(C)(C)C)c(Br)c1. The highest BCUT2D eigenvalue weighted by Gasteiger charge is 2.16. The zero-order chi connectivity index (χ0) is 13.1. The standard InChI is InChI=1S/C14H20BrNO/c1-5-10-6-7-12(11(15)8-10)16-13(17)9-14(2,3)4/h6-8H,5,9H2,1-4H3,(H,16,17). The fourth-order valence-electron chi connectivity index (χ4n) is 1.56. The first-order valence-electron chi connectivity index (χ1n) is 5.90. The van der Waals surface area contributed by atoms with Gasteiger partial charge in [-0.15, -0.1) is 0 Å². The molecule has 0 radical (unpaired) electrons. The average Bonchev–Trinajstić information content (AvgIpc) is 2.18. The first-order valence-corrected chi connectivity index (χ1v) is 6.69. The van der Waals surface area contributed by atoms with Crippen molar-refractivity contribution in [2.45, 2.75) is 40.5 Å². The van der Waals surface area contributed by atoms with Crippen LogP contribution >= 0.6 is 15.9 Å². The minimum atomic E-state index is 0.0138. The van der Waals surface area contributed by atoms with Crippen LogP contribution in [-0.2, 0) is 11.2 Å². The highest BCUT2D eigenvalue weighted by molar-refractivity contribution is 9.10. The van der Waals surface area contributed by atoms with Gasteiger partial charge in [0.25, 0.3) is 0 Å². The van der Waals surface area contributed by atoms with Crippen molar-refractivity contribution >= 4 is 27.5 Å². The average molecular weight is 298 g/mol. The van der Waals surface area contributed by atoms with Crippen LogP contribution in [0.15, 0.2) is 22.7 Å². The molecule has 1 amide bonds. The normalized spacial score (nSPS) is 11.4. The molecule has 0 aliphatic heterocycles. The molecule has 1 aromatic carbocycles. The minimum absolute atomic E-state index is 0.0138. The van der Waals surface area contributed by atoms with E-state index in [-0.39, 0.29) is 11.3 Å². The van der Waals surface area contributed by atoms with Crippen LogP contribution in [0.1, 0.15) is 39.7 Å². The molecule has 0 spiro atoms. The summed E-state index contributed by atoms with van der Waals surface area (Å²) < 4.78 is 0.944. The van der Waals surface area contributed by atoms with E-state index in [1.165, 1.54) is 5.56 Å². The van der Waals surface area contributed by atoms with Gasteiger partial charge in [0.1, 0.15) is 0 Å². The Morgan fingerprint density at radius 1 is 1.35 bits per heavy atom. The number of carbonyl (C=O) groups is 1. The Labute approximate surface area is 112 Å². The molecule has 2 nitrogen and oxygen atoms in total. The summed E-state index contributed by atoms with van der Waals surface area (Å²) in [6.07, 6.45) is 1.52. The molecule has 0 aromatic heterocycles. The first kappa shape index (κ1) is 14.2. The number of amides is 1. The third-order valence-electron chi connectivity index (χ3n) is 2.41. The van der Waals surface area contributed by atoms with Crippen molar-refractivity contribution in [3.8, 4) is 0 Å². The summed E-state index contributed by atoms with van der Waals surface area (Å²) in [5.74, 6) is 0.0578. The quantitative estimate of drug-likeness (QED) is 0.881. The number of benzene rings is 1. The van der Waals surface area contributed by atoms with Crippen molar-refractivity contribution in [2.75, 3.05) is 5.32 Å². The number of carbonyl (C=O) groups excluding carboxylic acids is 1. The highest BCUT2D eigenvalue weighted by Crippen LogP contribution is 2.25. The molecule has 3 heteroatoms. The second-order valence-electron chi connectivity index (χ2n) is 5.45. The maximum atomic E-state index is 11.8. The number of nitrogens with one attached hydrogen (secondary N) is 1. The monoisotopic (exact) mass is 297 g/mol. The van der Waals surface area contributed by atoms with E-state index in [1.54, 1.807) is 0 Å². The summed E-state index contributed by atoms with van der Waals surface area (Å²) in [5, 5.41) is 2.93. The lowest BCUT2D eigenvalue weighted by Crippen LogP contribution is -2.19. The van der Waals surface area contributed by atoms with Gasteiger partial charge in [-0.25, -0.2) is 0 Å². The lowest BCUT2D eigenvalue weighted by Gasteiger charge is -2.17. The van der Waals surface area contributed by atoms with Crippen molar-refractivity contribution < 1.29 is 4.79 Å². The van der Waals surface area contributed by atoms with Gasteiger partial charge in [-0.2, -0.15) is 0 Å². The molecule has 94 valence electrons. The minimum Gasteiger partial charge on any atom is -0.325 e. The van der Waals surface area contributed by atoms with Crippen LogP contribution < -0.4 is 5.32 Å². The Kier molecular flexibility index (Phi) is 4.75. The molecule has 0 unspecified atom stereocenters. The van der Waals surface area contributed by atoms with Gasteiger partial charge in [-0.3, -0.25) is 4.79 Å². The van der Waals surface area contributed by atoms with Crippen LogP contribution in [-0.4, -0.2) is 5.91 Å². The summed E-state index contributed by atoms with van der Waals surface area (Å²) in [7, 11) is 0. The van der Waals surface area contributed by atoms with Crippen molar-refractivity contribution in [1.29, 1.82) is 0 Å². The van der Waals surface area contributed by atoms with Crippen LogP contribution in [0.5, 0.6) is 0 Å². The van der Waals surface area contributed by atoms with Crippen molar-refractivity contribution in [3.05, 3.63) is 28.2 Å². The Morgan fingerprint density at radius 2 is 2.00 bits per heavy atom. The smallest absolute Gasteiger partial charge is 0.224 e. The summed E-state index contributed by atoms with van der Waals surface area (Å²) in [4.78, 5) is 11.8. The molecule has 1 aromatic rings. The van der Waals surface area contributed by atoms with E-state index < -0.39 is 0 Å². The summed E-state index contributed by atoms with van der Waals surface area (Å²) >= 11 is 3.48. The van der Waals surface area contributed by atoms with Gasteiger partial charge in [-0.1, -0.05) is 33.8 Å². The molecule has 0 bridgehead atoms. The maximum absolute atomic E-state index is 11.8. The zero-order valence-electron chi connectivity index (χ0n) is 10.9. The van der Waals surface area contributed by atoms with Crippen molar-refractivity contribution in [2.24, 2.45) is 5.41 Å². The van der Waals surface area contributed by atoms with Gasteiger partial charge in [0.2, 0.25) is 5.91 Å². The van der Waals surface area contributed by atoms with Gasteiger partial charge < -0.3 is 5.32 Å². The lowest BCUT2D eigenvalue weighted by atomic mass is 9.92. The lowest BCUT2D eigenvalue weighted by molar-refractivity contribution is -0.117. The van der Waals surface area contributed by atoms with E-state index in [4.69, 9.17) is 0 Å².